The van der Waals surface area contributed by atoms with Crippen LogP contribution in [-0.2, 0) is 19.1 Å². The first-order chi connectivity index (χ1) is 26.0. The summed E-state index contributed by atoms with van der Waals surface area (Å²) in [5, 5.41) is 16.2. The van der Waals surface area contributed by atoms with Crippen molar-refractivity contribution < 1.29 is 24.2 Å². The number of allylic oxidation sites excluding steroid dienone is 1. The molecule has 10 heteroatoms. The molecule has 0 unspecified atom stereocenters. The normalized spacial score (nSPS) is 44.1. The van der Waals surface area contributed by atoms with Crippen molar-refractivity contribution in [1.29, 1.82) is 0 Å². The number of carboxylic acid groups (broad SMARTS) is 1. The molecule has 6 aliphatic rings. The van der Waals surface area contributed by atoms with Gasteiger partial charge in [0.1, 0.15) is 12.2 Å². The second-order valence-corrected chi connectivity index (χ2v) is 22.5. The van der Waals surface area contributed by atoms with Gasteiger partial charge in [0, 0.05) is 28.2 Å². The largest absolute Gasteiger partial charge is 0.481 e. The number of nitrogens with two attached hydrogens (primary N) is 2. The summed E-state index contributed by atoms with van der Waals surface area (Å²) in [5.41, 5.74) is 12.2. The molecule has 1 aromatic heterocycles. The number of aliphatic carboxylic acids is 1. The van der Waals surface area contributed by atoms with Crippen LogP contribution in [0.5, 0.6) is 0 Å². The Hall–Kier alpha value is -2.30. The standard InChI is InChI=1S/C46H75N5O5/c1-27(2)28(3)41(7)20-21-43(9)31-16-17-34-42(8)23-55-25-46(34,32(31)18-19-44(43,10)35(41)39(53)54)22-33(36(42)56-24-45(11,48)40(4,5)6)51-38(49-26-50-51)30-14-12-29(13-15-30)37(47)52/h18,26-31,33-36H,12-17,19-25,48H2,1-11H3,(H2,47,52)(H,53,54)/t28-,29?,30?,31+,33-,34+,35-,36+,41-,42-,43-,44+,45+,46+/m1/s1. The quantitative estimate of drug-likeness (QED) is 0.212. The van der Waals surface area contributed by atoms with Crippen LogP contribution in [0.2, 0.25) is 0 Å². The van der Waals surface area contributed by atoms with Crippen molar-refractivity contribution in [2.45, 2.75) is 164 Å². The van der Waals surface area contributed by atoms with Crippen molar-refractivity contribution in [2.24, 2.45) is 79.5 Å². The molecule has 5 N–H and O–H groups in total. The topological polar surface area (TPSA) is 156 Å². The molecule has 314 valence electrons. The van der Waals surface area contributed by atoms with E-state index >= 15 is 0 Å². The molecule has 5 fully saturated rings. The number of primary amides is 1. The Morgan fingerprint density at radius 3 is 2.29 bits per heavy atom. The van der Waals surface area contributed by atoms with E-state index in [1.807, 2.05) is 0 Å². The molecule has 1 aromatic rings. The van der Waals surface area contributed by atoms with Crippen molar-refractivity contribution in [3.8, 4) is 0 Å². The van der Waals surface area contributed by atoms with Gasteiger partial charge < -0.3 is 26.0 Å². The van der Waals surface area contributed by atoms with Gasteiger partial charge in [-0.3, -0.25) is 9.59 Å². The Kier molecular flexibility index (Phi) is 10.4. The molecular formula is C46H75N5O5. The molecule has 0 spiro atoms. The zero-order chi connectivity index (χ0) is 41.0. The molecule has 5 aliphatic carbocycles. The van der Waals surface area contributed by atoms with E-state index in [4.69, 9.17) is 31.0 Å². The highest BCUT2D eigenvalue weighted by atomic mass is 16.5. The Morgan fingerprint density at radius 1 is 1.00 bits per heavy atom. The van der Waals surface area contributed by atoms with Crippen molar-refractivity contribution in [3.63, 3.8) is 0 Å². The van der Waals surface area contributed by atoms with Crippen LogP contribution in [-0.4, -0.2) is 63.2 Å². The highest BCUT2D eigenvalue weighted by molar-refractivity contribution is 5.76. The molecule has 7 rings (SSSR count). The fraction of sp³-hybridized carbons (Fsp3) is 0.870. The maximum absolute atomic E-state index is 13.6. The van der Waals surface area contributed by atoms with Crippen molar-refractivity contribution >= 4 is 11.9 Å². The second-order valence-electron chi connectivity index (χ2n) is 22.5. The van der Waals surface area contributed by atoms with E-state index in [1.165, 1.54) is 5.57 Å². The molecule has 0 aromatic carbocycles. The number of aromatic nitrogens is 3. The first kappa shape index (κ1) is 41.8. The van der Waals surface area contributed by atoms with Gasteiger partial charge in [0.05, 0.1) is 37.9 Å². The maximum Gasteiger partial charge on any atom is 0.307 e. The van der Waals surface area contributed by atoms with E-state index in [9.17, 15) is 14.7 Å². The zero-order valence-electron chi connectivity index (χ0n) is 36.6. The van der Waals surface area contributed by atoms with Crippen LogP contribution < -0.4 is 11.5 Å². The molecule has 4 saturated carbocycles. The molecular weight excluding hydrogens is 703 g/mol. The maximum atomic E-state index is 13.6. The first-order valence-corrected chi connectivity index (χ1v) is 22.1. The predicted molar refractivity (Wildman–Crippen MR) is 218 cm³/mol. The number of carbonyl (C=O) groups is 2. The number of hydrogen-bond acceptors (Lipinski definition) is 7. The van der Waals surface area contributed by atoms with E-state index < -0.39 is 17.4 Å². The summed E-state index contributed by atoms with van der Waals surface area (Å²) in [7, 11) is 0. The lowest BCUT2D eigenvalue weighted by Crippen LogP contribution is -2.69. The minimum absolute atomic E-state index is 0.0838. The van der Waals surface area contributed by atoms with Crippen molar-refractivity contribution in [3.05, 3.63) is 23.8 Å². The third-order valence-corrected chi connectivity index (χ3v) is 18.8. The minimum atomic E-state index is -0.630. The van der Waals surface area contributed by atoms with E-state index in [0.29, 0.717) is 37.6 Å². The number of fused-ring (bicyclic) bond motifs is 3. The molecule has 10 nitrogen and oxygen atoms in total. The molecule has 2 heterocycles. The van der Waals surface area contributed by atoms with Gasteiger partial charge in [-0.1, -0.05) is 80.9 Å². The van der Waals surface area contributed by atoms with Crippen LogP contribution in [0.4, 0.5) is 0 Å². The summed E-state index contributed by atoms with van der Waals surface area (Å²) in [6.45, 7) is 26.6. The van der Waals surface area contributed by atoms with E-state index in [-0.39, 0.29) is 68.3 Å². The number of rotatable bonds is 9. The smallest absolute Gasteiger partial charge is 0.307 e. The fourth-order valence-corrected chi connectivity index (χ4v) is 14.0. The zero-order valence-corrected chi connectivity index (χ0v) is 36.6. The average molecular weight is 778 g/mol. The lowest BCUT2D eigenvalue weighted by atomic mass is 9.34. The molecule has 56 heavy (non-hydrogen) atoms. The van der Waals surface area contributed by atoms with Crippen LogP contribution in [0, 0.1) is 68.0 Å². The number of amides is 1. The van der Waals surface area contributed by atoms with Crippen molar-refractivity contribution in [1.82, 2.24) is 14.8 Å². The number of nitrogens with zero attached hydrogens (tertiary/aromatic N) is 3. The minimum Gasteiger partial charge on any atom is -0.481 e. The lowest BCUT2D eigenvalue weighted by molar-refractivity contribution is -0.253. The summed E-state index contributed by atoms with van der Waals surface area (Å²) in [6.07, 6.45) is 12.9. The van der Waals surface area contributed by atoms with Crippen LogP contribution >= 0.6 is 0 Å². The summed E-state index contributed by atoms with van der Waals surface area (Å²) in [6, 6.07) is -0.101. The molecule has 0 radical (unpaired) electrons. The van der Waals surface area contributed by atoms with E-state index in [2.05, 4.69) is 86.9 Å². The van der Waals surface area contributed by atoms with Gasteiger partial charge in [0.2, 0.25) is 5.91 Å². The van der Waals surface area contributed by atoms with E-state index in [1.54, 1.807) is 6.33 Å². The van der Waals surface area contributed by atoms with Crippen molar-refractivity contribution in [2.75, 3.05) is 19.8 Å². The Bertz CT molecular complexity index is 1710. The van der Waals surface area contributed by atoms with Gasteiger partial charge in [0.15, 0.2) is 0 Å². The third kappa shape index (κ3) is 6.01. The number of carbonyl (C=O) groups excluding carboxylic acids is 1. The van der Waals surface area contributed by atoms with Crippen LogP contribution in [0.25, 0.3) is 0 Å². The van der Waals surface area contributed by atoms with Gasteiger partial charge in [-0.2, -0.15) is 5.10 Å². The Labute approximate surface area is 337 Å². The molecule has 12 atom stereocenters. The molecule has 1 saturated heterocycles. The van der Waals surface area contributed by atoms with Gasteiger partial charge >= 0.3 is 5.97 Å². The first-order valence-electron chi connectivity index (χ1n) is 22.1. The number of hydrogen-bond donors (Lipinski definition) is 3. The Morgan fingerprint density at radius 2 is 1.68 bits per heavy atom. The van der Waals surface area contributed by atoms with Gasteiger partial charge in [0.25, 0.3) is 0 Å². The average Bonchev–Trinajstić information content (AvgIpc) is 3.60. The molecule has 1 aliphatic heterocycles. The highest BCUT2D eigenvalue weighted by Gasteiger charge is 2.72. The van der Waals surface area contributed by atoms with E-state index in [0.717, 1.165) is 70.0 Å². The molecule has 1 amide bonds. The summed E-state index contributed by atoms with van der Waals surface area (Å²) >= 11 is 0. The fourth-order valence-electron chi connectivity index (χ4n) is 14.0. The second kappa shape index (κ2) is 13.9. The predicted octanol–water partition coefficient (Wildman–Crippen LogP) is 8.32. The Balaban J connectivity index is 1.32. The highest BCUT2D eigenvalue weighted by Crippen LogP contribution is 2.75. The van der Waals surface area contributed by atoms with Gasteiger partial charge in [-0.05, 0) is 116 Å². The summed E-state index contributed by atoms with van der Waals surface area (Å²) in [5.74, 6) is 1.13. The monoisotopic (exact) mass is 778 g/mol. The SMILES string of the molecule is CC(C)[C@@H](C)[C@@]1(C)CC[C@]2(C)[C@H]3CC[C@@H]4[C@@]5(COC[C@@]4(C)[C@@H](OC[C@](C)(N)C(C)(C)C)[C@H](n4ncnc4C4CCC(C(N)=O)CC4)C5)C3=CC[C@@]2(C)[C@@H]1C(=O)O. The molecule has 2 bridgehead atoms. The van der Waals surface area contributed by atoms with Crippen LogP contribution in [0.3, 0.4) is 0 Å². The number of ether oxygens (including phenoxy) is 2. The lowest BCUT2D eigenvalue weighted by Gasteiger charge is -2.71. The van der Waals surface area contributed by atoms with Gasteiger partial charge in [-0.25, -0.2) is 9.67 Å². The summed E-state index contributed by atoms with van der Waals surface area (Å²) in [4.78, 5) is 30.7. The summed E-state index contributed by atoms with van der Waals surface area (Å²) < 4.78 is 16.3. The van der Waals surface area contributed by atoms with Gasteiger partial charge in [-0.15, -0.1) is 0 Å². The van der Waals surface area contributed by atoms with Crippen LogP contribution in [0.15, 0.2) is 18.0 Å². The van der Waals surface area contributed by atoms with Crippen LogP contribution in [0.1, 0.15) is 158 Å². The number of carboxylic acids is 1. The third-order valence-electron chi connectivity index (χ3n) is 18.8.